The van der Waals surface area contributed by atoms with Crippen molar-refractivity contribution in [3.8, 4) is 23.0 Å². The molecule has 0 fully saturated rings. The maximum atomic E-state index is 13.1. The van der Waals surface area contributed by atoms with E-state index in [1.54, 1.807) is 72.8 Å². The first-order chi connectivity index (χ1) is 32.8. The first-order valence-electron chi connectivity index (χ1n) is 21.7. The molecule has 366 valence electrons. The van der Waals surface area contributed by atoms with E-state index < -0.39 is 56.2 Å². The molecule has 4 aromatic rings. The van der Waals surface area contributed by atoms with Crippen molar-refractivity contribution >= 4 is 58.7 Å². The number of benzene rings is 4. The summed E-state index contributed by atoms with van der Waals surface area (Å²) in [6.07, 6.45) is 5.37. The minimum Gasteiger partial charge on any atom is -0.493 e. The molecule has 0 saturated heterocycles. The Bertz CT molecular complexity index is 2160. The van der Waals surface area contributed by atoms with Crippen molar-refractivity contribution in [2.45, 2.75) is 74.0 Å². The highest BCUT2D eigenvalue weighted by Gasteiger charge is 2.31. The molecule has 18 nitrogen and oxygen atoms in total. The summed E-state index contributed by atoms with van der Waals surface area (Å²) in [5.74, 6) is -1.19. The van der Waals surface area contributed by atoms with Crippen molar-refractivity contribution in [2.75, 3.05) is 54.2 Å². The number of hydrogen-bond donors (Lipinski definition) is 2. The average Bonchev–Trinajstić information content (AvgIpc) is 3.36. The molecule has 0 aromatic heterocycles. The van der Waals surface area contributed by atoms with Gasteiger partial charge < -0.3 is 39.1 Å². The molecule has 4 aromatic carbocycles. The van der Waals surface area contributed by atoms with Gasteiger partial charge in [-0.25, -0.2) is 9.59 Å². The Kier molecular flexibility index (Phi) is 22.2. The number of methoxy groups -OCH3 is 6. The fraction of sp³-hybridized carbons (Fsp3) is 0.417. The Balaban J connectivity index is 1.47. The molecule has 0 aliphatic rings. The summed E-state index contributed by atoms with van der Waals surface area (Å²) < 4.78 is 31.8. The topological polar surface area (TPSA) is 234 Å². The van der Waals surface area contributed by atoms with E-state index >= 15 is 0 Å². The standard InChI is InChI=1S/C48H58N4O14S2/c1-61-39-25-33(37(51(57)58)27-41(39)63-3)43(67-29-35(47(55)65-5)49-45(53)31-19-13-11-14-20-31)23-17-9-7-8-10-18-24-44(34-26-40(62-2)42(64-4)28-38(34)52(59)60)68-30-36(48(56)66-6)50-46(54)32-21-15-12-16-22-32/h11-16,19-22,25-28,35-36,43-44H,7-10,17-18,23-24,29-30H2,1-6H3,(H,49,53)(H,50,54)/t35-,36-,43?,44?/m0/s1. The Labute approximate surface area is 403 Å². The summed E-state index contributed by atoms with van der Waals surface area (Å²) in [6, 6.07) is 20.5. The summed E-state index contributed by atoms with van der Waals surface area (Å²) in [5.41, 5.74) is 1.09. The van der Waals surface area contributed by atoms with Crippen molar-refractivity contribution in [1.29, 1.82) is 0 Å². The molecule has 0 aliphatic heterocycles. The van der Waals surface area contributed by atoms with Gasteiger partial charge in [-0.2, -0.15) is 23.5 Å². The number of nitrogens with one attached hydrogen (secondary N) is 2. The lowest BCUT2D eigenvalue weighted by atomic mass is 10.0. The molecular formula is C48H58N4O14S2. The van der Waals surface area contributed by atoms with E-state index in [1.807, 2.05) is 0 Å². The zero-order chi connectivity index (χ0) is 49.6. The number of nitro benzene ring substituents is 2. The van der Waals surface area contributed by atoms with Gasteiger partial charge in [0.15, 0.2) is 23.0 Å². The highest BCUT2D eigenvalue weighted by Crippen LogP contribution is 2.46. The zero-order valence-electron chi connectivity index (χ0n) is 38.9. The second kappa shape index (κ2) is 27.9. The van der Waals surface area contributed by atoms with Crippen molar-refractivity contribution in [1.82, 2.24) is 10.6 Å². The predicted octanol–water partition coefficient (Wildman–Crippen LogP) is 8.85. The van der Waals surface area contributed by atoms with Crippen LogP contribution in [0.1, 0.15) is 93.7 Å². The van der Waals surface area contributed by atoms with Crippen LogP contribution in [0.5, 0.6) is 23.0 Å². The molecule has 20 heteroatoms. The third-order valence-electron chi connectivity index (χ3n) is 10.9. The van der Waals surface area contributed by atoms with Crippen molar-refractivity contribution in [3.63, 3.8) is 0 Å². The monoisotopic (exact) mass is 978 g/mol. The lowest BCUT2D eigenvalue weighted by molar-refractivity contribution is -0.385. The van der Waals surface area contributed by atoms with E-state index in [1.165, 1.54) is 78.3 Å². The van der Waals surface area contributed by atoms with Gasteiger partial charge in [0.1, 0.15) is 12.1 Å². The molecule has 2 amide bonds. The van der Waals surface area contributed by atoms with Gasteiger partial charge in [-0.1, -0.05) is 74.9 Å². The fourth-order valence-electron chi connectivity index (χ4n) is 7.33. The van der Waals surface area contributed by atoms with Crippen LogP contribution in [0.15, 0.2) is 84.9 Å². The van der Waals surface area contributed by atoms with Crippen LogP contribution in [0, 0.1) is 20.2 Å². The maximum Gasteiger partial charge on any atom is 0.329 e. The van der Waals surface area contributed by atoms with Gasteiger partial charge in [0, 0.05) is 44.3 Å². The van der Waals surface area contributed by atoms with Crippen LogP contribution < -0.4 is 29.6 Å². The molecule has 0 aliphatic carbocycles. The number of hydrogen-bond acceptors (Lipinski definition) is 16. The number of amides is 2. The summed E-state index contributed by atoms with van der Waals surface area (Å²) >= 11 is 2.57. The molecule has 4 rings (SSSR count). The number of thioether (sulfide) groups is 2. The molecule has 2 N–H and O–H groups in total. The van der Waals surface area contributed by atoms with E-state index in [0.29, 0.717) is 59.4 Å². The van der Waals surface area contributed by atoms with Gasteiger partial charge in [-0.05, 0) is 49.2 Å². The van der Waals surface area contributed by atoms with Gasteiger partial charge in [0.2, 0.25) is 0 Å². The Hall–Kier alpha value is -6.54. The number of nitro groups is 2. The number of unbranched alkanes of at least 4 members (excludes halogenated alkanes) is 5. The highest BCUT2D eigenvalue weighted by atomic mass is 32.2. The number of esters is 2. The molecule has 0 radical (unpaired) electrons. The number of carbonyl (C=O) groups excluding carboxylic acids is 4. The van der Waals surface area contributed by atoms with Crippen LogP contribution >= 0.6 is 23.5 Å². The first-order valence-corrected chi connectivity index (χ1v) is 23.8. The van der Waals surface area contributed by atoms with Crippen LogP contribution in [0.25, 0.3) is 0 Å². The van der Waals surface area contributed by atoms with E-state index in [-0.39, 0.29) is 34.4 Å². The molecular weight excluding hydrogens is 921 g/mol. The molecule has 68 heavy (non-hydrogen) atoms. The Morgan fingerprint density at radius 3 is 1.15 bits per heavy atom. The smallest absolute Gasteiger partial charge is 0.329 e. The third kappa shape index (κ3) is 15.5. The molecule has 0 bridgehead atoms. The van der Waals surface area contributed by atoms with Crippen molar-refractivity contribution < 1.29 is 57.4 Å². The first kappa shape index (κ1) is 54.1. The Morgan fingerprint density at radius 2 is 0.838 bits per heavy atom. The SMILES string of the molecule is COC(=O)[C@H](CSC(CCCCCCCCC(SC[C@H](NC(=O)c1ccccc1)C(=O)OC)c1cc(OC)c(OC)cc1[N+](=O)[O-])c1cc(OC)c(OC)cc1[N+](=O)[O-])NC(=O)c1ccccc1. The largest absolute Gasteiger partial charge is 0.493 e. The minimum absolute atomic E-state index is 0.0542. The second-order valence-electron chi connectivity index (χ2n) is 15.2. The summed E-state index contributed by atoms with van der Waals surface area (Å²) in [4.78, 5) is 75.8. The second-order valence-corrected chi connectivity index (χ2v) is 17.7. The third-order valence-corrected chi connectivity index (χ3v) is 13.8. The average molecular weight is 979 g/mol. The number of ether oxygens (including phenoxy) is 6. The molecule has 0 spiro atoms. The van der Waals surface area contributed by atoms with E-state index in [0.717, 1.165) is 25.7 Å². The predicted molar refractivity (Wildman–Crippen MR) is 259 cm³/mol. The van der Waals surface area contributed by atoms with Crippen LogP contribution in [-0.2, 0) is 19.1 Å². The number of nitrogens with zero attached hydrogens (tertiary/aromatic N) is 2. The van der Waals surface area contributed by atoms with Crippen molar-refractivity contribution in [3.05, 3.63) is 127 Å². The summed E-state index contributed by atoms with van der Waals surface area (Å²) in [5, 5.41) is 29.3. The summed E-state index contributed by atoms with van der Waals surface area (Å²) in [7, 11) is 8.09. The molecule has 0 saturated carbocycles. The van der Waals surface area contributed by atoms with Gasteiger partial charge >= 0.3 is 11.9 Å². The van der Waals surface area contributed by atoms with Crippen LogP contribution in [-0.4, -0.2) is 99.8 Å². The van der Waals surface area contributed by atoms with Gasteiger partial charge in [-0.3, -0.25) is 29.8 Å². The van der Waals surface area contributed by atoms with Crippen LogP contribution in [0.4, 0.5) is 11.4 Å². The number of rotatable bonds is 29. The fourth-order valence-corrected chi connectivity index (χ4v) is 10.0. The van der Waals surface area contributed by atoms with Crippen LogP contribution in [0.2, 0.25) is 0 Å². The van der Waals surface area contributed by atoms with Gasteiger partial charge in [0.25, 0.3) is 23.2 Å². The molecule has 4 atom stereocenters. The minimum atomic E-state index is -1.05. The zero-order valence-corrected chi connectivity index (χ0v) is 40.5. The summed E-state index contributed by atoms with van der Waals surface area (Å²) in [6.45, 7) is 0. The van der Waals surface area contributed by atoms with Crippen LogP contribution in [0.3, 0.4) is 0 Å². The van der Waals surface area contributed by atoms with E-state index in [2.05, 4.69) is 10.6 Å². The molecule has 2 unspecified atom stereocenters. The lowest BCUT2D eigenvalue weighted by Crippen LogP contribution is -2.43. The van der Waals surface area contributed by atoms with Gasteiger partial charge in [0.05, 0.1) is 64.6 Å². The lowest BCUT2D eigenvalue weighted by Gasteiger charge is -2.22. The van der Waals surface area contributed by atoms with Crippen molar-refractivity contribution in [2.24, 2.45) is 0 Å². The van der Waals surface area contributed by atoms with Gasteiger partial charge in [-0.15, -0.1) is 0 Å². The maximum absolute atomic E-state index is 13.1. The van der Waals surface area contributed by atoms with E-state index in [9.17, 15) is 39.4 Å². The number of carbonyl (C=O) groups is 4. The quantitative estimate of drug-likeness (QED) is 0.0224. The normalized spacial score (nSPS) is 12.6. The molecule has 0 heterocycles. The highest BCUT2D eigenvalue weighted by molar-refractivity contribution is 7.99. The van der Waals surface area contributed by atoms with E-state index in [4.69, 9.17) is 28.4 Å². The Morgan fingerprint density at radius 1 is 0.515 bits per heavy atom.